The van der Waals surface area contributed by atoms with Gasteiger partial charge in [-0.15, -0.1) is 0 Å². The highest BCUT2D eigenvalue weighted by Gasteiger charge is 2.28. The molecule has 0 N–H and O–H groups in total. The van der Waals surface area contributed by atoms with Gasteiger partial charge in [-0.3, -0.25) is 4.79 Å². The van der Waals surface area contributed by atoms with Crippen molar-refractivity contribution in [3.8, 4) is 5.75 Å². The molecule has 2 aromatic rings. The number of nitrogens with zero attached hydrogens (tertiary/aromatic N) is 2. The Kier molecular flexibility index (Phi) is 5.46. The molecule has 6 heteroatoms. The lowest BCUT2D eigenvalue weighted by atomic mass is 9.95. The van der Waals surface area contributed by atoms with Crippen molar-refractivity contribution in [2.24, 2.45) is 5.92 Å². The average molecular weight is 386 g/mol. The Morgan fingerprint density at radius 1 is 1.04 bits per heavy atom. The minimum atomic E-state index is -2.94. The van der Waals surface area contributed by atoms with E-state index in [-0.39, 0.29) is 17.2 Å². The normalized spacial score (nSPS) is 17.1. The van der Waals surface area contributed by atoms with Crippen LogP contribution in [0.2, 0.25) is 0 Å². The van der Waals surface area contributed by atoms with Gasteiger partial charge in [0.15, 0.2) is 0 Å². The van der Waals surface area contributed by atoms with Gasteiger partial charge in [-0.05, 0) is 48.9 Å². The number of anilines is 1. The molecule has 1 amide bonds. The van der Waals surface area contributed by atoms with Crippen LogP contribution in [0.25, 0.3) is 0 Å². The second-order valence-electron chi connectivity index (χ2n) is 7.43. The van der Waals surface area contributed by atoms with E-state index in [1.54, 1.807) is 23.1 Å². The highest BCUT2D eigenvalue weighted by molar-refractivity contribution is 5.97. The number of ether oxygens (including phenoxy) is 1. The molecule has 0 spiro atoms. The molecule has 4 rings (SSSR count). The molecule has 0 atom stereocenters. The zero-order valence-electron chi connectivity index (χ0n) is 15.7. The van der Waals surface area contributed by atoms with E-state index in [4.69, 9.17) is 0 Å². The van der Waals surface area contributed by atoms with Crippen LogP contribution in [0.3, 0.4) is 0 Å². The van der Waals surface area contributed by atoms with E-state index < -0.39 is 6.61 Å². The van der Waals surface area contributed by atoms with Gasteiger partial charge in [-0.1, -0.05) is 30.3 Å². The minimum Gasteiger partial charge on any atom is -0.434 e. The number of alkyl halides is 2. The Balaban J connectivity index is 1.35. The van der Waals surface area contributed by atoms with E-state index in [0.717, 1.165) is 32.4 Å². The van der Waals surface area contributed by atoms with Crippen LogP contribution in [-0.4, -0.2) is 43.6 Å². The van der Waals surface area contributed by atoms with E-state index in [0.29, 0.717) is 19.0 Å². The highest BCUT2D eigenvalue weighted by atomic mass is 19.3. The summed E-state index contributed by atoms with van der Waals surface area (Å²) in [5, 5.41) is 0. The lowest BCUT2D eigenvalue weighted by molar-refractivity contribution is -0.0503. The van der Waals surface area contributed by atoms with Crippen molar-refractivity contribution in [3.63, 3.8) is 0 Å². The predicted octanol–water partition coefficient (Wildman–Crippen LogP) is 4.20. The molecule has 0 radical (unpaired) electrons. The van der Waals surface area contributed by atoms with Crippen molar-refractivity contribution in [2.75, 3.05) is 31.1 Å². The molecule has 0 saturated carbocycles. The van der Waals surface area contributed by atoms with E-state index in [9.17, 15) is 13.6 Å². The van der Waals surface area contributed by atoms with Gasteiger partial charge in [0.05, 0.1) is 5.56 Å². The minimum absolute atomic E-state index is 0.0571. The lowest BCUT2D eigenvalue weighted by Gasteiger charge is -2.34. The lowest BCUT2D eigenvalue weighted by Crippen LogP contribution is -2.41. The van der Waals surface area contributed by atoms with Crippen molar-refractivity contribution in [1.82, 2.24) is 4.90 Å². The van der Waals surface area contributed by atoms with Crippen molar-refractivity contribution in [1.29, 1.82) is 0 Å². The molecule has 4 nitrogen and oxygen atoms in total. The van der Waals surface area contributed by atoms with E-state index in [1.165, 1.54) is 17.3 Å². The van der Waals surface area contributed by atoms with Gasteiger partial charge in [-0.25, -0.2) is 0 Å². The first-order valence-corrected chi connectivity index (χ1v) is 9.78. The van der Waals surface area contributed by atoms with E-state index in [2.05, 4.69) is 33.9 Å². The molecule has 148 valence electrons. The van der Waals surface area contributed by atoms with Crippen molar-refractivity contribution in [3.05, 3.63) is 59.7 Å². The summed E-state index contributed by atoms with van der Waals surface area (Å²) in [7, 11) is 0. The maximum absolute atomic E-state index is 12.8. The van der Waals surface area contributed by atoms with Crippen LogP contribution in [0.1, 0.15) is 28.8 Å². The van der Waals surface area contributed by atoms with Crippen molar-refractivity contribution in [2.45, 2.75) is 25.9 Å². The predicted molar refractivity (Wildman–Crippen MR) is 104 cm³/mol. The Morgan fingerprint density at radius 3 is 2.54 bits per heavy atom. The number of benzene rings is 2. The van der Waals surface area contributed by atoms with Gasteiger partial charge >= 0.3 is 6.61 Å². The average Bonchev–Trinajstić information content (AvgIpc) is 3.11. The van der Waals surface area contributed by atoms with Crippen LogP contribution in [-0.2, 0) is 6.42 Å². The summed E-state index contributed by atoms with van der Waals surface area (Å²) in [6, 6.07) is 14.8. The summed E-state index contributed by atoms with van der Waals surface area (Å²) in [5.74, 6) is 0.238. The molecule has 2 aliphatic heterocycles. The van der Waals surface area contributed by atoms with Crippen LogP contribution in [0.5, 0.6) is 5.75 Å². The first-order chi connectivity index (χ1) is 13.6. The summed E-state index contributed by atoms with van der Waals surface area (Å²) in [5.41, 5.74) is 2.94. The molecule has 0 bridgehead atoms. The molecular weight excluding hydrogens is 362 g/mol. The zero-order valence-corrected chi connectivity index (χ0v) is 15.7. The summed E-state index contributed by atoms with van der Waals surface area (Å²) >= 11 is 0. The first kappa shape index (κ1) is 18.7. The fourth-order valence-corrected chi connectivity index (χ4v) is 4.24. The van der Waals surface area contributed by atoms with Crippen LogP contribution < -0.4 is 9.64 Å². The molecule has 0 aliphatic carbocycles. The molecular formula is C22H24F2N2O2. The maximum Gasteiger partial charge on any atom is 0.387 e. The molecule has 2 aromatic carbocycles. The number of carbonyl (C=O) groups is 1. The smallest absolute Gasteiger partial charge is 0.387 e. The Morgan fingerprint density at radius 2 is 1.75 bits per heavy atom. The summed E-state index contributed by atoms with van der Waals surface area (Å²) < 4.78 is 29.7. The molecule has 1 fully saturated rings. The van der Waals surface area contributed by atoms with Gasteiger partial charge in [-0.2, -0.15) is 8.78 Å². The number of hydrogen-bond acceptors (Lipinski definition) is 3. The number of piperidine rings is 1. The topological polar surface area (TPSA) is 32.8 Å². The maximum atomic E-state index is 12.8. The molecule has 2 heterocycles. The van der Waals surface area contributed by atoms with Crippen LogP contribution in [0.15, 0.2) is 48.5 Å². The third kappa shape index (κ3) is 3.96. The molecule has 2 aliphatic rings. The van der Waals surface area contributed by atoms with Gasteiger partial charge < -0.3 is 14.5 Å². The van der Waals surface area contributed by atoms with Crippen LogP contribution in [0.4, 0.5) is 14.5 Å². The largest absolute Gasteiger partial charge is 0.434 e. The number of carbonyl (C=O) groups excluding carboxylic acids is 1. The quantitative estimate of drug-likeness (QED) is 0.772. The number of likely N-dealkylation sites (tertiary alicyclic amines) is 1. The molecule has 0 aromatic heterocycles. The van der Waals surface area contributed by atoms with Gasteiger partial charge in [0.25, 0.3) is 5.91 Å². The number of amides is 1. The summed E-state index contributed by atoms with van der Waals surface area (Å²) in [4.78, 5) is 17.0. The molecule has 1 saturated heterocycles. The zero-order chi connectivity index (χ0) is 19.5. The molecule has 0 unspecified atom stereocenters. The second-order valence-corrected chi connectivity index (χ2v) is 7.43. The third-order valence-electron chi connectivity index (χ3n) is 5.70. The fourth-order valence-electron chi connectivity index (χ4n) is 4.24. The van der Waals surface area contributed by atoms with Gasteiger partial charge in [0.1, 0.15) is 5.75 Å². The highest BCUT2D eigenvalue weighted by Crippen LogP contribution is 2.31. The van der Waals surface area contributed by atoms with Crippen molar-refractivity contribution < 1.29 is 18.3 Å². The van der Waals surface area contributed by atoms with Crippen LogP contribution >= 0.6 is 0 Å². The third-order valence-corrected chi connectivity index (χ3v) is 5.70. The van der Waals surface area contributed by atoms with Gasteiger partial charge in [0.2, 0.25) is 0 Å². The number of para-hydroxylation sites is 2. The Labute approximate surface area is 163 Å². The standard InChI is InChI=1S/C22H24F2N2O2/c23-22(24)28-20-8-4-2-6-18(20)21(27)25-12-9-16(10-13-25)15-26-14-11-17-5-1-3-7-19(17)26/h1-8,16,22H,9-15H2. The molecule has 28 heavy (non-hydrogen) atoms. The first-order valence-electron chi connectivity index (χ1n) is 9.78. The Bertz CT molecular complexity index is 835. The summed E-state index contributed by atoms with van der Waals surface area (Å²) in [6.07, 6.45) is 2.93. The summed E-state index contributed by atoms with van der Waals surface area (Å²) in [6.45, 7) is 0.397. The van der Waals surface area contributed by atoms with E-state index >= 15 is 0 Å². The number of fused-ring (bicyclic) bond motifs is 1. The van der Waals surface area contributed by atoms with Crippen molar-refractivity contribution >= 4 is 11.6 Å². The fraction of sp³-hybridized carbons (Fsp3) is 0.409. The number of halogens is 2. The second kappa shape index (κ2) is 8.17. The number of rotatable bonds is 5. The monoisotopic (exact) mass is 386 g/mol. The number of hydrogen-bond donors (Lipinski definition) is 0. The Hall–Kier alpha value is -2.63. The van der Waals surface area contributed by atoms with Crippen LogP contribution in [0, 0.1) is 5.92 Å². The van der Waals surface area contributed by atoms with Gasteiger partial charge in [0, 0.05) is 31.9 Å². The SMILES string of the molecule is O=C(c1ccccc1OC(F)F)N1CCC(CN2CCc3ccccc32)CC1. The van der Waals surface area contributed by atoms with E-state index in [1.807, 2.05) is 0 Å².